The van der Waals surface area contributed by atoms with Crippen LogP contribution in [-0.2, 0) is 0 Å². The average molecular weight is 278 g/mol. The molecule has 108 valence electrons. The van der Waals surface area contributed by atoms with Crippen LogP contribution in [0.4, 0.5) is 11.4 Å². The molecule has 0 spiro atoms. The average Bonchev–Trinajstić information content (AvgIpc) is 2.54. The van der Waals surface area contributed by atoms with Gasteiger partial charge in [0, 0.05) is 25.5 Å². The van der Waals surface area contributed by atoms with Gasteiger partial charge in [-0.25, -0.2) is 0 Å². The first-order valence-electron chi connectivity index (χ1n) is 7.31. The normalized spacial score (nSPS) is 11.4. The first-order chi connectivity index (χ1) is 10.2. The molecule has 0 amide bonds. The van der Waals surface area contributed by atoms with E-state index in [2.05, 4.69) is 72.4 Å². The molecule has 0 fully saturated rings. The maximum atomic E-state index is 4.25. The number of nitrogens with zero attached hydrogens (tertiary/aromatic N) is 2. The predicted octanol–water partition coefficient (Wildman–Crippen LogP) is 5.04. The summed E-state index contributed by atoms with van der Waals surface area (Å²) in [5.74, 6) is 0. The van der Waals surface area contributed by atoms with Gasteiger partial charge in [0.1, 0.15) is 0 Å². The van der Waals surface area contributed by atoms with Crippen LogP contribution >= 0.6 is 0 Å². The lowest BCUT2D eigenvalue weighted by Crippen LogP contribution is -2.15. The van der Waals surface area contributed by atoms with Gasteiger partial charge in [-0.1, -0.05) is 36.4 Å². The fourth-order valence-electron chi connectivity index (χ4n) is 2.04. The largest absolute Gasteiger partial charge is 0.375 e. The Hall–Kier alpha value is -2.35. The monoisotopic (exact) mass is 278 g/mol. The maximum Gasteiger partial charge on any atom is 0.0625 e. The van der Waals surface area contributed by atoms with Crippen LogP contribution in [0.3, 0.4) is 0 Å². The minimum Gasteiger partial charge on any atom is -0.375 e. The Bertz CT molecular complexity index is 607. The molecule has 0 radical (unpaired) electrons. The molecular formula is C19H22N2. The molecule has 0 unspecified atom stereocenters. The van der Waals surface area contributed by atoms with Crippen molar-refractivity contribution in [2.45, 2.75) is 13.8 Å². The Kier molecular flexibility index (Phi) is 5.33. The van der Waals surface area contributed by atoms with E-state index in [1.807, 2.05) is 19.1 Å². The smallest absolute Gasteiger partial charge is 0.0625 e. The zero-order valence-corrected chi connectivity index (χ0v) is 13.0. The van der Waals surface area contributed by atoms with Crippen molar-refractivity contribution in [2.24, 2.45) is 4.99 Å². The van der Waals surface area contributed by atoms with E-state index in [-0.39, 0.29) is 0 Å². The number of hydrogen-bond donors (Lipinski definition) is 0. The van der Waals surface area contributed by atoms with Crippen molar-refractivity contribution in [3.8, 4) is 0 Å². The van der Waals surface area contributed by atoms with E-state index in [1.165, 1.54) is 16.8 Å². The standard InChI is InChI=1S/C19H22N2/c1-4-20-18-12-8-16(9-13-18)6-7-17-10-14-19(15-11-17)21(3)5-2/h4,6-15H,5H2,1-3H3. The summed E-state index contributed by atoms with van der Waals surface area (Å²) in [5.41, 5.74) is 4.62. The molecule has 0 saturated carbocycles. The topological polar surface area (TPSA) is 15.6 Å². The van der Waals surface area contributed by atoms with Gasteiger partial charge in [0.05, 0.1) is 5.69 Å². The van der Waals surface area contributed by atoms with Gasteiger partial charge in [0.15, 0.2) is 0 Å². The van der Waals surface area contributed by atoms with Crippen molar-refractivity contribution in [1.29, 1.82) is 0 Å². The summed E-state index contributed by atoms with van der Waals surface area (Å²) in [6.45, 7) is 5.09. The fraction of sp³-hybridized carbons (Fsp3) is 0.211. The van der Waals surface area contributed by atoms with Crippen LogP contribution in [0.25, 0.3) is 12.2 Å². The number of rotatable bonds is 5. The van der Waals surface area contributed by atoms with Crippen molar-refractivity contribution in [3.63, 3.8) is 0 Å². The number of benzene rings is 2. The summed E-state index contributed by atoms with van der Waals surface area (Å²) in [7, 11) is 2.10. The third kappa shape index (κ3) is 4.32. The third-order valence-electron chi connectivity index (χ3n) is 3.45. The molecule has 0 aliphatic heterocycles. The number of anilines is 1. The molecule has 21 heavy (non-hydrogen) atoms. The highest BCUT2D eigenvalue weighted by Crippen LogP contribution is 2.17. The van der Waals surface area contributed by atoms with Crippen LogP contribution in [0.2, 0.25) is 0 Å². The molecular weight excluding hydrogens is 256 g/mol. The molecule has 2 heteroatoms. The minimum absolute atomic E-state index is 0.988. The third-order valence-corrected chi connectivity index (χ3v) is 3.45. The van der Waals surface area contributed by atoms with Crippen LogP contribution in [0.5, 0.6) is 0 Å². The highest BCUT2D eigenvalue weighted by Gasteiger charge is 1.96. The van der Waals surface area contributed by atoms with Gasteiger partial charge in [-0.3, -0.25) is 4.99 Å². The number of hydrogen-bond acceptors (Lipinski definition) is 2. The molecule has 0 aliphatic carbocycles. The van der Waals surface area contributed by atoms with E-state index in [0.29, 0.717) is 0 Å². The van der Waals surface area contributed by atoms with Gasteiger partial charge in [-0.05, 0) is 49.2 Å². The van der Waals surface area contributed by atoms with Gasteiger partial charge >= 0.3 is 0 Å². The van der Waals surface area contributed by atoms with E-state index >= 15 is 0 Å². The number of aliphatic imine (C=N–C) groups is 1. The highest BCUT2D eigenvalue weighted by molar-refractivity contribution is 5.71. The van der Waals surface area contributed by atoms with Gasteiger partial charge in [0.2, 0.25) is 0 Å². The van der Waals surface area contributed by atoms with E-state index in [0.717, 1.165) is 12.2 Å². The van der Waals surface area contributed by atoms with Crippen molar-refractivity contribution < 1.29 is 0 Å². The molecule has 0 heterocycles. The van der Waals surface area contributed by atoms with Crippen molar-refractivity contribution in [3.05, 3.63) is 59.7 Å². The highest BCUT2D eigenvalue weighted by atomic mass is 15.1. The maximum absolute atomic E-state index is 4.25. The van der Waals surface area contributed by atoms with Gasteiger partial charge in [-0.15, -0.1) is 0 Å². The van der Waals surface area contributed by atoms with E-state index < -0.39 is 0 Å². The van der Waals surface area contributed by atoms with Crippen LogP contribution in [0.1, 0.15) is 25.0 Å². The molecule has 0 bridgehead atoms. The molecule has 2 nitrogen and oxygen atoms in total. The van der Waals surface area contributed by atoms with Crippen molar-refractivity contribution >= 4 is 29.7 Å². The minimum atomic E-state index is 0.988. The summed E-state index contributed by atoms with van der Waals surface area (Å²) < 4.78 is 0. The van der Waals surface area contributed by atoms with E-state index in [9.17, 15) is 0 Å². The Morgan fingerprint density at radius 3 is 1.90 bits per heavy atom. The first-order valence-corrected chi connectivity index (χ1v) is 7.31. The van der Waals surface area contributed by atoms with E-state index in [1.54, 1.807) is 6.21 Å². The predicted molar refractivity (Wildman–Crippen MR) is 94.6 cm³/mol. The molecule has 2 aromatic carbocycles. The van der Waals surface area contributed by atoms with Crippen molar-refractivity contribution in [2.75, 3.05) is 18.5 Å². The zero-order chi connectivity index (χ0) is 15.1. The van der Waals surface area contributed by atoms with Gasteiger partial charge in [0.25, 0.3) is 0 Å². The van der Waals surface area contributed by atoms with Crippen LogP contribution < -0.4 is 4.90 Å². The summed E-state index contributed by atoms with van der Waals surface area (Å²) in [6, 6.07) is 16.8. The van der Waals surface area contributed by atoms with E-state index in [4.69, 9.17) is 0 Å². The lowest BCUT2D eigenvalue weighted by molar-refractivity contribution is 0.968. The van der Waals surface area contributed by atoms with Crippen LogP contribution in [-0.4, -0.2) is 19.8 Å². The molecule has 0 N–H and O–H groups in total. The Balaban J connectivity index is 2.06. The van der Waals surface area contributed by atoms with Crippen LogP contribution in [0.15, 0.2) is 53.5 Å². The second-order valence-electron chi connectivity index (χ2n) is 4.92. The first kappa shape index (κ1) is 15.0. The molecule has 0 saturated heterocycles. The lowest BCUT2D eigenvalue weighted by Gasteiger charge is -2.16. The Morgan fingerprint density at radius 1 is 0.905 bits per heavy atom. The molecule has 0 atom stereocenters. The lowest BCUT2D eigenvalue weighted by atomic mass is 10.1. The summed E-state index contributed by atoms with van der Waals surface area (Å²) in [6.07, 6.45) is 6.06. The van der Waals surface area contributed by atoms with Crippen LogP contribution in [0, 0.1) is 0 Å². The quantitative estimate of drug-likeness (QED) is 0.553. The Labute approximate surface area is 127 Å². The summed E-state index contributed by atoms with van der Waals surface area (Å²) in [4.78, 5) is 6.47. The summed E-state index contributed by atoms with van der Waals surface area (Å²) >= 11 is 0. The zero-order valence-electron chi connectivity index (χ0n) is 13.0. The van der Waals surface area contributed by atoms with Gasteiger partial charge < -0.3 is 4.90 Å². The molecule has 0 aromatic heterocycles. The molecule has 2 aromatic rings. The Morgan fingerprint density at radius 2 is 1.43 bits per heavy atom. The second kappa shape index (κ2) is 7.44. The van der Waals surface area contributed by atoms with Crippen molar-refractivity contribution in [1.82, 2.24) is 0 Å². The molecule has 2 rings (SSSR count). The fourth-order valence-corrected chi connectivity index (χ4v) is 2.04. The summed E-state index contributed by atoms with van der Waals surface area (Å²) in [5, 5.41) is 0. The molecule has 0 aliphatic rings. The van der Waals surface area contributed by atoms with Gasteiger partial charge in [-0.2, -0.15) is 0 Å². The SMILES string of the molecule is CC=Nc1ccc(C=Cc2ccc(N(C)CC)cc2)cc1. The second-order valence-corrected chi connectivity index (χ2v) is 4.92.